The average Bonchev–Trinajstić information content (AvgIpc) is 1.84. The lowest BCUT2D eigenvalue weighted by Crippen LogP contribution is -2.19. The zero-order valence-electron chi connectivity index (χ0n) is 6.14. The van der Waals surface area contributed by atoms with Crippen LogP contribution in [0.25, 0.3) is 0 Å². The predicted molar refractivity (Wildman–Crippen MR) is 37.7 cm³/mol. The highest BCUT2D eigenvalue weighted by Gasteiger charge is 2.28. The third kappa shape index (κ3) is 8.10. The number of rotatable bonds is 5. The summed E-state index contributed by atoms with van der Waals surface area (Å²) >= 11 is 5.22. The van der Waals surface area contributed by atoms with Crippen LogP contribution >= 0.6 is 11.6 Å². The summed E-state index contributed by atoms with van der Waals surface area (Å²) in [6.45, 7) is -0.642. The number of aliphatic hydroxyl groups excluding tert-OH is 1. The molecule has 0 aliphatic heterocycles. The Kier molecular flexibility index (Phi) is 5.61. The maximum atomic E-state index is 11.4. The second-order valence-corrected chi connectivity index (χ2v) is 2.50. The monoisotopic (exact) mass is 205 g/mol. The maximum absolute atomic E-state index is 11.4. The van der Waals surface area contributed by atoms with Crippen LogP contribution in [0.4, 0.5) is 13.2 Å². The van der Waals surface area contributed by atoms with E-state index in [2.05, 4.69) is 4.74 Å². The van der Waals surface area contributed by atoms with Crippen molar-refractivity contribution < 1.29 is 23.0 Å². The van der Waals surface area contributed by atoms with Crippen molar-refractivity contribution in [3.63, 3.8) is 0 Å². The largest absolute Gasteiger partial charge is 0.417 e. The minimum Gasteiger partial charge on any atom is -0.391 e. The van der Waals surface area contributed by atoms with Gasteiger partial charge in [0.15, 0.2) is 6.61 Å². The van der Waals surface area contributed by atoms with Crippen LogP contribution < -0.4 is 0 Å². The molecule has 1 radical (unpaired) electrons. The predicted octanol–water partition coefficient (Wildman–Crippen LogP) is 1.72. The van der Waals surface area contributed by atoms with Gasteiger partial charge in [-0.15, -0.1) is 11.6 Å². The van der Waals surface area contributed by atoms with Gasteiger partial charge in [-0.05, 0) is 6.42 Å². The fraction of sp³-hybridized carbons (Fsp3) is 0.833. The summed E-state index contributed by atoms with van der Waals surface area (Å²) in [5.74, 6) is 0.191. The molecule has 1 unspecified atom stereocenters. The van der Waals surface area contributed by atoms with Crippen LogP contribution in [0, 0.1) is 6.61 Å². The van der Waals surface area contributed by atoms with E-state index in [0.717, 1.165) is 0 Å². The van der Waals surface area contributed by atoms with Crippen molar-refractivity contribution in [3.8, 4) is 0 Å². The molecule has 0 saturated heterocycles. The second-order valence-electron chi connectivity index (χ2n) is 2.12. The quantitative estimate of drug-likeness (QED) is 0.693. The highest BCUT2D eigenvalue weighted by atomic mass is 35.5. The van der Waals surface area contributed by atoms with Crippen molar-refractivity contribution in [2.75, 3.05) is 12.5 Å². The molecule has 0 bridgehead atoms. The number of halogens is 4. The van der Waals surface area contributed by atoms with Gasteiger partial charge in [0.05, 0.1) is 12.7 Å². The summed E-state index contributed by atoms with van der Waals surface area (Å²) in [5, 5.41) is 8.85. The molecule has 0 aromatic rings. The summed E-state index contributed by atoms with van der Waals surface area (Å²) in [7, 11) is 0. The number of ether oxygens (including phenoxy) is 1. The molecule has 0 spiro atoms. The van der Waals surface area contributed by atoms with Crippen LogP contribution in [-0.2, 0) is 4.74 Å². The first-order chi connectivity index (χ1) is 5.45. The van der Waals surface area contributed by atoms with Gasteiger partial charge in [-0.3, -0.25) is 0 Å². The van der Waals surface area contributed by atoms with E-state index in [0.29, 0.717) is 0 Å². The van der Waals surface area contributed by atoms with Gasteiger partial charge >= 0.3 is 6.18 Å². The zero-order valence-corrected chi connectivity index (χ0v) is 6.90. The number of alkyl halides is 4. The topological polar surface area (TPSA) is 29.5 Å². The molecule has 0 saturated carbocycles. The van der Waals surface area contributed by atoms with Crippen LogP contribution in [0.3, 0.4) is 0 Å². The first-order valence-corrected chi connectivity index (χ1v) is 3.76. The lowest BCUT2D eigenvalue weighted by atomic mass is 10.3. The molecule has 73 valence electrons. The molecule has 0 aromatic carbocycles. The van der Waals surface area contributed by atoms with Gasteiger partial charge in [-0.2, -0.15) is 13.2 Å². The fourth-order valence-corrected chi connectivity index (χ4v) is 0.715. The lowest BCUT2D eigenvalue weighted by Gasteiger charge is -2.10. The van der Waals surface area contributed by atoms with Crippen molar-refractivity contribution >= 4 is 11.6 Å². The summed E-state index contributed by atoms with van der Waals surface area (Å²) in [6.07, 6.45) is -5.19. The van der Waals surface area contributed by atoms with E-state index in [4.69, 9.17) is 16.7 Å². The fourth-order valence-electron chi connectivity index (χ4n) is 0.463. The van der Waals surface area contributed by atoms with E-state index in [9.17, 15) is 13.2 Å². The van der Waals surface area contributed by atoms with Crippen molar-refractivity contribution in [2.45, 2.75) is 18.7 Å². The Morgan fingerprint density at radius 1 is 1.50 bits per heavy atom. The highest BCUT2D eigenvalue weighted by molar-refractivity contribution is 6.17. The molecule has 0 amide bonds. The zero-order chi connectivity index (χ0) is 9.61. The summed E-state index contributed by atoms with van der Waals surface area (Å²) in [6, 6.07) is 0. The number of hydrogen-bond acceptors (Lipinski definition) is 2. The van der Waals surface area contributed by atoms with E-state index in [1.54, 1.807) is 0 Å². The summed E-state index contributed by atoms with van der Waals surface area (Å²) in [4.78, 5) is 0. The summed E-state index contributed by atoms with van der Waals surface area (Å²) < 4.78 is 38.3. The number of aliphatic hydroxyl groups is 1. The lowest BCUT2D eigenvalue weighted by molar-refractivity contribution is -0.142. The van der Waals surface area contributed by atoms with Crippen molar-refractivity contribution in [1.82, 2.24) is 0 Å². The molecule has 0 aliphatic carbocycles. The Hall–Kier alpha value is -0.0000000000000000555. The molecule has 6 heteroatoms. The minimum atomic E-state index is -4.46. The van der Waals surface area contributed by atoms with E-state index in [1.807, 2.05) is 0 Å². The molecule has 0 aliphatic rings. The van der Waals surface area contributed by atoms with Crippen LogP contribution in [0.5, 0.6) is 0 Å². The van der Waals surface area contributed by atoms with Gasteiger partial charge in [0.1, 0.15) is 0 Å². The van der Waals surface area contributed by atoms with Gasteiger partial charge in [0.25, 0.3) is 0 Å². The van der Waals surface area contributed by atoms with E-state index < -0.39 is 12.3 Å². The van der Waals surface area contributed by atoms with Gasteiger partial charge in [0.2, 0.25) is 0 Å². The Balaban J connectivity index is 3.31. The van der Waals surface area contributed by atoms with Gasteiger partial charge in [-0.1, -0.05) is 0 Å². The molecule has 1 N–H and O–H groups in total. The average molecular weight is 206 g/mol. The first-order valence-electron chi connectivity index (χ1n) is 3.22. The Morgan fingerprint density at radius 3 is 2.50 bits per heavy atom. The maximum Gasteiger partial charge on any atom is 0.417 e. The third-order valence-electron chi connectivity index (χ3n) is 0.948. The minimum absolute atomic E-state index is 0.191. The molecule has 12 heavy (non-hydrogen) atoms. The van der Waals surface area contributed by atoms with Gasteiger partial charge in [-0.25, -0.2) is 0 Å². The van der Waals surface area contributed by atoms with Gasteiger partial charge < -0.3 is 9.84 Å². The molecular weight excluding hydrogens is 197 g/mol. The molecule has 0 aromatic heterocycles. The van der Waals surface area contributed by atoms with E-state index >= 15 is 0 Å². The second kappa shape index (κ2) is 5.61. The van der Waals surface area contributed by atoms with Crippen LogP contribution in [-0.4, -0.2) is 29.9 Å². The molecular formula is C6H9ClF3O2. The molecule has 0 rings (SSSR count). The van der Waals surface area contributed by atoms with Crippen LogP contribution in [0.15, 0.2) is 0 Å². The van der Waals surface area contributed by atoms with Crippen molar-refractivity contribution in [3.05, 3.63) is 6.61 Å². The Labute approximate surface area is 73.3 Å². The molecule has 1 atom stereocenters. The normalized spacial score (nSPS) is 14.8. The molecule has 0 heterocycles. The van der Waals surface area contributed by atoms with E-state index in [-0.39, 0.29) is 25.5 Å². The van der Waals surface area contributed by atoms with Crippen LogP contribution in [0.1, 0.15) is 6.42 Å². The number of hydrogen-bond donors (Lipinski definition) is 1. The Morgan fingerprint density at radius 2 is 2.08 bits per heavy atom. The first kappa shape index (κ1) is 12.0. The van der Waals surface area contributed by atoms with Crippen molar-refractivity contribution in [2.24, 2.45) is 0 Å². The summed E-state index contributed by atoms with van der Waals surface area (Å²) in [5.41, 5.74) is 0. The van der Waals surface area contributed by atoms with Crippen molar-refractivity contribution in [1.29, 1.82) is 0 Å². The third-order valence-corrected chi connectivity index (χ3v) is 1.17. The standard InChI is InChI=1S/C6H9ClF3O2/c7-2-1-5(11)3-12-4-6(8,9)10/h4-5,11H,1-3H2. The smallest absolute Gasteiger partial charge is 0.391 e. The van der Waals surface area contributed by atoms with Gasteiger partial charge in [0, 0.05) is 5.88 Å². The molecule has 0 fully saturated rings. The SMILES string of the molecule is OC(CCCl)CO[CH]C(F)(F)F. The van der Waals surface area contributed by atoms with E-state index in [1.165, 1.54) is 0 Å². The van der Waals surface area contributed by atoms with Crippen LogP contribution in [0.2, 0.25) is 0 Å². The Bertz CT molecular complexity index is 118. The molecule has 2 nitrogen and oxygen atoms in total. The highest BCUT2D eigenvalue weighted by Crippen LogP contribution is 2.18.